The molecular formula is C62H42N6. The zero-order valence-corrected chi connectivity index (χ0v) is 36.9. The van der Waals surface area contributed by atoms with Gasteiger partial charge in [-0.1, -0.05) is 164 Å². The topological polar surface area (TPSA) is 47.5 Å². The predicted molar refractivity (Wildman–Crippen MR) is 285 cm³/mol. The van der Waals surface area contributed by atoms with Crippen LogP contribution < -0.4 is 20.0 Å². The minimum absolute atomic E-state index is 0.851. The molecule has 2 aromatic heterocycles. The quantitative estimate of drug-likeness (QED) is 0.190. The van der Waals surface area contributed by atoms with Gasteiger partial charge in [0.2, 0.25) is 0 Å². The highest BCUT2D eigenvalue weighted by Gasteiger charge is 2.34. The number of hydrogen-bond donors (Lipinski definition) is 1. The molecule has 0 saturated heterocycles. The van der Waals surface area contributed by atoms with Gasteiger partial charge in [0, 0.05) is 39.1 Å². The Balaban J connectivity index is 0.000000143. The van der Waals surface area contributed by atoms with Crippen LogP contribution in [0, 0.1) is 0 Å². The molecule has 12 aromatic rings. The molecule has 68 heavy (non-hydrogen) atoms. The SMILES string of the molecule is c1ccc(N2c3ccc4ccccc4c3N(c3ccc(-c4ccccn4)nc3)c3ccc4ccccc4c32)cc1.c1ccc(N2c3ccc4ccccc4c3Nc3ccc4ccccc4c32)cc1. The second kappa shape index (κ2) is 16.3. The summed E-state index contributed by atoms with van der Waals surface area (Å²) in [4.78, 5) is 16.5. The molecule has 0 fully saturated rings. The lowest BCUT2D eigenvalue weighted by Gasteiger charge is -2.41. The normalized spacial score (nSPS) is 12.4. The van der Waals surface area contributed by atoms with Gasteiger partial charge in [-0.2, -0.15) is 0 Å². The van der Waals surface area contributed by atoms with Crippen LogP contribution in [-0.4, -0.2) is 9.97 Å². The Morgan fingerprint density at radius 2 is 0.735 bits per heavy atom. The molecule has 0 bridgehead atoms. The summed E-state index contributed by atoms with van der Waals surface area (Å²) in [6.45, 7) is 0. The predicted octanol–water partition coefficient (Wildman–Crippen LogP) is 17.2. The molecule has 0 spiro atoms. The lowest BCUT2D eigenvalue weighted by atomic mass is 9.97. The molecule has 2 aliphatic heterocycles. The molecule has 6 nitrogen and oxygen atoms in total. The molecule has 0 amide bonds. The first-order chi connectivity index (χ1) is 33.8. The van der Waals surface area contributed by atoms with Gasteiger partial charge in [0.1, 0.15) is 0 Å². The first-order valence-electron chi connectivity index (χ1n) is 23.0. The maximum absolute atomic E-state index is 4.87. The highest BCUT2D eigenvalue weighted by molar-refractivity contribution is 6.18. The number of pyridine rings is 2. The number of para-hydroxylation sites is 2. The van der Waals surface area contributed by atoms with E-state index < -0.39 is 0 Å². The van der Waals surface area contributed by atoms with E-state index in [4.69, 9.17) is 4.98 Å². The number of hydrogen-bond acceptors (Lipinski definition) is 6. The number of anilines is 11. The number of benzene rings is 10. The third-order valence-corrected chi connectivity index (χ3v) is 13.2. The fourth-order valence-corrected chi connectivity index (χ4v) is 10.1. The van der Waals surface area contributed by atoms with Gasteiger partial charge in [0.15, 0.2) is 0 Å². The maximum Gasteiger partial charge on any atom is 0.0887 e. The van der Waals surface area contributed by atoms with Crippen LogP contribution in [0.4, 0.5) is 62.6 Å². The summed E-state index contributed by atoms with van der Waals surface area (Å²) >= 11 is 0. The highest BCUT2D eigenvalue weighted by atomic mass is 15.3. The molecule has 0 aliphatic carbocycles. The molecule has 4 heterocycles. The fourth-order valence-electron chi connectivity index (χ4n) is 10.1. The van der Waals surface area contributed by atoms with Crippen LogP contribution in [0.5, 0.6) is 0 Å². The Kier molecular flexibility index (Phi) is 9.39. The van der Waals surface area contributed by atoms with Crippen LogP contribution >= 0.6 is 0 Å². The van der Waals surface area contributed by atoms with E-state index in [1.54, 1.807) is 6.20 Å². The molecule has 0 radical (unpaired) electrons. The Morgan fingerprint density at radius 3 is 1.28 bits per heavy atom. The number of aromatic nitrogens is 2. The van der Waals surface area contributed by atoms with Crippen molar-refractivity contribution in [2.45, 2.75) is 0 Å². The molecule has 0 atom stereocenters. The Morgan fingerprint density at radius 1 is 0.294 bits per heavy atom. The molecule has 10 aromatic carbocycles. The first kappa shape index (κ1) is 39.1. The smallest absolute Gasteiger partial charge is 0.0887 e. The summed E-state index contributed by atoms with van der Waals surface area (Å²) in [5, 5.41) is 13.5. The van der Waals surface area contributed by atoms with Crippen LogP contribution in [0.1, 0.15) is 0 Å². The van der Waals surface area contributed by atoms with Crippen LogP contribution in [0.2, 0.25) is 0 Å². The van der Waals surface area contributed by atoms with Gasteiger partial charge in [-0.15, -0.1) is 0 Å². The number of nitrogens with zero attached hydrogens (tertiary/aromatic N) is 5. The van der Waals surface area contributed by atoms with Crippen LogP contribution in [0.3, 0.4) is 0 Å². The van der Waals surface area contributed by atoms with Gasteiger partial charge < -0.3 is 20.0 Å². The van der Waals surface area contributed by atoms with Gasteiger partial charge in [-0.05, 0) is 94.3 Å². The van der Waals surface area contributed by atoms with Crippen molar-refractivity contribution in [2.24, 2.45) is 0 Å². The minimum atomic E-state index is 0.851. The lowest BCUT2D eigenvalue weighted by molar-refractivity contribution is 1.17. The van der Waals surface area contributed by atoms with Crippen molar-refractivity contribution in [1.29, 1.82) is 0 Å². The second-order valence-electron chi connectivity index (χ2n) is 17.1. The van der Waals surface area contributed by atoms with E-state index in [0.717, 1.165) is 62.6 Å². The van der Waals surface area contributed by atoms with Crippen molar-refractivity contribution < 1.29 is 0 Å². The molecular weight excluding hydrogens is 829 g/mol. The van der Waals surface area contributed by atoms with Gasteiger partial charge in [-0.3, -0.25) is 9.97 Å². The maximum atomic E-state index is 4.87. The summed E-state index contributed by atoms with van der Waals surface area (Å²) in [6.07, 6.45) is 3.77. The van der Waals surface area contributed by atoms with Gasteiger partial charge in [0.25, 0.3) is 0 Å². The molecule has 6 heteroatoms. The van der Waals surface area contributed by atoms with Crippen LogP contribution in [0.15, 0.2) is 249 Å². The summed E-state index contributed by atoms with van der Waals surface area (Å²) < 4.78 is 0. The molecule has 0 saturated carbocycles. The van der Waals surface area contributed by atoms with Crippen molar-refractivity contribution in [3.63, 3.8) is 0 Å². The largest absolute Gasteiger partial charge is 0.352 e. The standard InChI is InChI=1S/C36H24N4.C26H18N2/c1-2-12-27(13-3-1)39-33-21-17-26-11-5-7-15-30(26)36(33)40(34-22-18-25-10-4-6-14-29(25)35(34)39)28-19-20-32(38-24-28)31-16-8-9-23-37-31;1-2-10-20(11-3-1)28-24-17-15-18-8-4-6-12-21(18)25(24)27-23-16-14-19-9-5-7-13-22(19)26(23)28/h1-24H;1-17,27H. The monoisotopic (exact) mass is 870 g/mol. The second-order valence-corrected chi connectivity index (χ2v) is 17.1. The Hall–Kier alpha value is -9.26. The average Bonchev–Trinajstić information content (AvgIpc) is 3.42. The third-order valence-electron chi connectivity index (χ3n) is 13.2. The first-order valence-corrected chi connectivity index (χ1v) is 23.0. The molecule has 14 rings (SSSR count). The van der Waals surface area contributed by atoms with E-state index in [2.05, 4.69) is 243 Å². The highest BCUT2D eigenvalue weighted by Crippen LogP contribution is 2.58. The molecule has 0 unspecified atom stereocenters. The summed E-state index contributed by atoms with van der Waals surface area (Å²) in [7, 11) is 0. The van der Waals surface area contributed by atoms with Gasteiger partial charge in [0.05, 0.1) is 68.8 Å². The minimum Gasteiger partial charge on any atom is -0.352 e. The van der Waals surface area contributed by atoms with E-state index in [1.807, 2.05) is 24.4 Å². The fraction of sp³-hybridized carbons (Fsp3) is 0. The van der Waals surface area contributed by atoms with Crippen molar-refractivity contribution >= 4 is 106 Å². The molecule has 1 N–H and O–H groups in total. The van der Waals surface area contributed by atoms with Gasteiger partial charge >= 0.3 is 0 Å². The van der Waals surface area contributed by atoms with E-state index in [-0.39, 0.29) is 0 Å². The number of fused-ring (bicyclic) bond motifs is 12. The summed E-state index contributed by atoms with van der Waals surface area (Å²) in [5.74, 6) is 0. The number of rotatable bonds is 4. The van der Waals surface area contributed by atoms with E-state index in [0.29, 0.717) is 0 Å². The van der Waals surface area contributed by atoms with Crippen molar-refractivity contribution in [3.05, 3.63) is 249 Å². The Bertz CT molecular complexity index is 3840. The van der Waals surface area contributed by atoms with Crippen molar-refractivity contribution in [3.8, 4) is 11.4 Å². The Labute approximate surface area is 394 Å². The zero-order valence-electron chi connectivity index (χ0n) is 36.9. The molecule has 320 valence electrons. The van der Waals surface area contributed by atoms with E-state index in [9.17, 15) is 0 Å². The van der Waals surface area contributed by atoms with Crippen LogP contribution in [-0.2, 0) is 0 Å². The summed E-state index contributed by atoms with van der Waals surface area (Å²) in [5.41, 5.74) is 14.2. The van der Waals surface area contributed by atoms with Crippen molar-refractivity contribution in [2.75, 3.05) is 20.0 Å². The van der Waals surface area contributed by atoms with E-state index >= 15 is 0 Å². The third kappa shape index (κ3) is 6.50. The lowest BCUT2D eigenvalue weighted by Crippen LogP contribution is -2.24. The summed E-state index contributed by atoms with van der Waals surface area (Å²) in [6, 6.07) is 83.5. The zero-order chi connectivity index (χ0) is 45.0. The van der Waals surface area contributed by atoms with Crippen LogP contribution in [0.25, 0.3) is 54.5 Å². The average molecular weight is 871 g/mol. The van der Waals surface area contributed by atoms with Gasteiger partial charge in [-0.25, -0.2) is 0 Å². The molecule has 2 aliphatic rings. The van der Waals surface area contributed by atoms with E-state index in [1.165, 1.54) is 54.5 Å². The van der Waals surface area contributed by atoms with Crippen molar-refractivity contribution in [1.82, 2.24) is 9.97 Å². The number of nitrogens with one attached hydrogen (secondary N) is 1.